The number of amides is 1. The van der Waals surface area contributed by atoms with E-state index in [0.29, 0.717) is 17.9 Å². The van der Waals surface area contributed by atoms with E-state index in [1.165, 1.54) is 5.56 Å². The van der Waals surface area contributed by atoms with Crippen LogP contribution >= 0.6 is 31.9 Å². The van der Waals surface area contributed by atoms with E-state index in [2.05, 4.69) is 54.5 Å². The summed E-state index contributed by atoms with van der Waals surface area (Å²) in [6.45, 7) is 2.49. The Morgan fingerprint density at radius 1 is 1.10 bits per heavy atom. The number of nitrogens with zero attached hydrogens (tertiary/aromatic N) is 1. The molecule has 0 spiro atoms. The van der Waals surface area contributed by atoms with Gasteiger partial charge >= 0.3 is 5.91 Å². The topological polar surface area (TPSA) is 63.8 Å². The highest BCUT2D eigenvalue weighted by Crippen LogP contribution is 2.31. The zero-order chi connectivity index (χ0) is 21.8. The molecule has 4 rings (SSSR count). The maximum atomic E-state index is 12.4. The normalized spacial score (nSPS) is 11.2. The van der Waals surface area contributed by atoms with Crippen LogP contribution in [0.4, 0.5) is 0 Å². The molecule has 0 unspecified atom stereocenters. The number of nitrogens with one attached hydrogen (secondary N) is 1. The summed E-state index contributed by atoms with van der Waals surface area (Å²) < 4.78 is 13.2. The molecule has 0 saturated carbocycles. The van der Waals surface area contributed by atoms with Crippen LogP contribution in [-0.2, 0) is 6.61 Å². The lowest BCUT2D eigenvalue weighted by molar-refractivity contribution is 0.0929. The molecular weight excluding hydrogens is 524 g/mol. The number of carbonyl (C=O) groups is 1. The molecule has 0 aliphatic rings. The molecule has 3 aromatic carbocycles. The summed E-state index contributed by atoms with van der Waals surface area (Å²) in [5.74, 6) is 0.418. The van der Waals surface area contributed by atoms with Gasteiger partial charge in [0.25, 0.3) is 0 Å². The Hall–Kier alpha value is -2.90. The molecule has 0 aliphatic carbocycles. The monoisotopic (exact) mass is 540 g/mol. The van der Waals surface area contributed by atoms with Gasteiger partial charge in [0.15, 0.2) is 5.76 Å². The van der Waals surface area contributed by atoms with Gasteiger partial charge in [0.2, 0.25) is 0 Å². The molecule has 0 bridgehead atoms. The van der Waals surface area contributed by atoms with E-state index in [9.17, 15) is 4.79 Å². The first-order chi connectivity index (χ1) is 15.0. The van der Waals surface area contributed by atoms with Gasteiger partial charge in [0.1, 0.15) is 17.9 Å². The molecule has 1 aromatic heterocycles. The summed E-state index contributed by atoms with van der Waals surface area (Å²) in [5.41, 5.74) is 6.15. The summed E-state index contributed by atoms with van der Waals surface area (Å²) >= 11 is 6.86. The third-order valence-corrected chi connectivity index (χ3v) is 5.61. The molecule has 0 aliphatic heterocycles. The fourth-order valence-corrected chi connectivity index (χ4v) is 4.31. The predicted molar refractivity (Wildman–Crippen MR) is 129 cm³/mol. The van der Waals surface area contributed by atoms with Gasteiger partial charge in [-0.15, -0.1) is 0 Å². The summed E-state index contributed by atoms with van der Waals surface area (Å²) in [7, 11) is 0. The molecule has 5 nitrogen and oxygen atoms in total. The lowest BCUT2D eigenvalue weighted by atomic mass is 10.1. The van der Waals surface area contributed by atoms with Gasteiger partial charge in [0, 0.05) is 15.4 Å². The zero-order valence-electron chi connectivity index (χ0n) is 16.6. The van der Waals surface area contributed by atoms with Gasteiger partial charge < -0.3 is 9.15 Å². The van der Waals surface area contributed by atoms with Crippen molar-refractivity contribution in [2.24, 2.45) is 5.10 Å². The van der Waals surface area contributed by atoms with Crippen LogP contribution in [-0.4, -0.2) is 12.1 Å². The van der Waals surface area contributed by atoms with Crippen molar-refractivity contribution in [1.82, 2.24) is 5.43 Å². The summed E-state index contributed by atoms with van der Waals surface area (Å²) in [4.78, 5) is 12.4. The number of fused-ring (bicyclic) bond motifs is 1. The first-order valence-electron chi connectivity index (χ1n) is 9.49. The highest BCUT2D eigenvalue weighted by Gasteiger charge is 2.14. The smallest absolute Gasteiger partial charge is 0.307 e. The van der Waals surface area contributed by atoms with Crippen LogP contribution in [0.1, 0.15) is 27.2 Å². The second-order valence-electron chi connectivity index (χ2n) is 6.93. The van der Waals surface area contributed by atoms with E-state index in [0.717, 1.165) is 25.5 Å². The van der Waals surface area contributed by atoms with Gasteiger partial charge in [-0.3, -0.25) is 4.79 Å². The average Bonchev–Trinajstić information content (AvgIpc) is 3.19. The van der Waals surface area contributed by atoms with E-state index < -0.39 is 5.91 Å². The standard InChI is InChI=1S/C24H18Br2N2O3/c1-15-6-8-16(9-7-15)14-30-21-5-3-2-4-17(21)13-27-28-24(29)22-11-18-10-19(25)12-20(26)23(18)31-22/h2-13H,14H2,1H3,(H,28,29)/b27-13-. The highest BCUT2D eigenvalue weighted by atomic mass is 79.9. The highest BCUT2D eigenvalue weighted by molar-refractivity contribution is 9.11. The molecule has 0 saturated heterocycles. The zero-order valence-corrected chi connectivity index (χ0v) is 19.7. The van der Waals surface area contributed by atoms with Crippen molar-refractivity contribution < 1.29 is 13.9 Å². The van der Waals surface area contributed by atoms with Crippen molar-refractivity contribution in [1.29, 1.82) is 0 Å². The molecule has 0 radical (unpaired) electrons. The van der Waals surface area contributed by atoms with Crippen LogP contribution in [0.25, 0.3) is 11.0 Å². The number of ether oxygens (including phenoxy) is 1. The summed E-state index contributed by atoms with van der Waals surface area (Å²) in [5, 5.41) is 4.88. The predicted octanol–water partition coefficient (Wildman–Crippen LogP) is 6.61. The minimum Gasteiger partial charge on any atom is -0.488 e. The van der Waals surface area contributed by atoms with Crippen molar-refractivity contribution in [2.45, 2.75) is 13.5 Å². The lowest BCUT2D eigenvalue weighted by Crippen LogP contribution is -2.16. The number of para-hydroxylation sites is 1. The number of halogens is 2. The molecule has 1 N–H and O–H groups in total. The van der Waals surface area contributed by atoms with Gasteiger partial charge in [-0.25, -0.2) is 5.43 Å². The van der Waals surface area contributed by atoms with Crippen LogP contribution in [0.2, 0.25) is 0 Å². The average molecular weight is 542 g/mol. The number of benzene rings is 3. The number of hydrazone groups is 1. The molecule has 7 heteroatoms. The van der Waals surface area contributed by atoms with Gasteiger partial charge in [-0.1, -0.05) is 57.9 Å². The van der Waals surface area contributed by atoms with Gasteiger partial charge in [0.05, 0.1) is 10.7 Å². The second kappa shape index (κ2) is 9.49. The molecule has 31 heavy (non-hydrogen) atoms. The molecule has 1 amide bonds. The van der Waals surface area contributed by atoms with Crippen LogP contribution in [0.5, 0.6) is 5.75 Å². The minimum absolute atomic E-state index is 0.176. The third-order valence-electron chi connectivity index (χ3n) is 4.56. The van der Waals surface area contributed by atoms with Crippen LogP contribution in [0.3, 0.4) is 0 Å². The number of aryl methyl sites for hydroxylation is 1. The Bertz CT molecular complexity index is 1260. The summed E-state index contributed by atoms with van der Waals surface area (Å²) in [6, 6.07) is 21.1. The minimum atomic E-state index is -0.437. The Kier molecular flexibility index (Phi) is 6.53. The number of hydrogen-bond acceptors (Lipinski definition) is 4. The maximum Gasteiger partial charge on any atom is 0.307 e. The molecule has 0 atom stereocenters. The Morgan fingerprint density at radius 3 is 2.68 bits per heavy atom. The number of carbonyl (C=O) groups excluding carboxylic acids is 1. The SMILES string of the molecule is Cc1ccc(COc2ccccc2/C=N\NC(=O)c2cc3cc(Br)cc(Br)c3o2)cc1. The lowest BCUT2D eigenvalue weighted by Gasteiger charge is -2.09. The maximum absolute atomic E-state index is 12.4. The van der Waals surface area contributed by atoms with Crippen LogP contribution < -0.4 is 10.2 Å². The molecule has 4 aromatic rings. The Labute approximate surface area is 196 Å². The van der Waals surface area contributed by atoms with Crippen molar-refractivity contribution >= 4 is 55.0 Å². The summed E-state index contributed by atoms with van der Waals surface area (Å²) in [6.07, 6.45) is 1.55. The van der Waals surface area contributed by atoms with Crippen LogP contribution in [0, 0.1) is 6.92 Å². The van der Waals surface area contributed by atoms with Crippen molar-refractivity contribution in [3.63, 3.8) is 0 Å². The molecule has 1 heterocycles. The van der Waals surface area contributed by atoms with Gasteiger partial charge in [-0.05, 0) is 58.7 Å². The first kappa shape index (κ1) is 21.3. The Morgan fingerprint density at radius 2 is 1.87 bits per heavy atom. The van der Waals surface area contributed by atoms with E-state index in [1.807, 2.05) is 55.5 Å². The molecule has 156 valence electrons. The van der Waals surface area contributed by atoms with Crippen molar-refractivity contribution in [2.75, 3.05) is 0 Å². The van der Waals surface area contributed by atoms with E-state index >= 15 is 0 Å². The second-order valence-corrected chi connectivity index (χ2v) is 8.70. The largest absolute Gasteiger partial charge is 0.488 e. The van der Waals surface area contributed by atoms with Gasteiger partial charge in [-0.2, -0.15) is 5.10 Å². The van der Waals surface area contributed by atoms with Crippen molar-refractivity contribution in [3.05, 3.63) is 98.1 Å². The first-order valence-corrected chi connectivity index (χ1v) is 11.1. The number of rotatable bonds is 6. The van der Waals surface area contributed by atoms with E-state index in [1.54, 1.807) is 12.3 Å². The fourth-order valence-electron chi connectivity index (χ4n) is 2.97. The quantitative estimate of drug-likeness (QED) is 0.221. The van der Waals surface area contributed by atoms with Crippen molar-refractivity contribution in [3.8, 4) is 5.75 Å². The molecule has 0 fully saturated rings. The van der Waals surface area contributed by atoms with E-state index in [-0.39, 0.29) is 5.76 Å². The van der Waals surface area contributed by atoms with E-state index in [4.69, 9.17) is 9.15 Å². The Balaban J connectivity index is 1.43. The third kappa shape index (κ3) is 5.24. The number of hydrogen-bond donors (Lipinski definition) is 1. The molecular formula is C24H18Br2N2O3. The number of furan rings is 1. The van der Waals surface area contributed by atoms with Crippen LogP contribution in [0.15, 0.2) is 85.2 Å². The fraction of sp³-hybridized carbons (Fsp3) is 0.0833.